The maximum absolute atomic E-state index is 4.63. The van der Waals surface area contributed by atoms with E-state index in [-0.39, 0.29) is 16.1 Å². The number of anilines is 2. The van der Waals surface area contributed by atoms with E-state index in [1.54, 1.807) is 0 Å². The lowest BCUT2D eigenvalue weighted by Gasteiger charge is -2.28. The molecule has 0 atom stereocenters. The zero-order valence-corrected chi connectivity index (χ0v) is 17.8. The first-order valence-corrected chi connectivity index (χ1v) is 11.4. The number of nitrogens with one attached hydrogen (secondary N) is 2. The molecule has 0 spiro atoms. The molecule has 0 saturated heterocycles. The Morgan fingerprint density at radius 3 is 1.17 bits per heavy atom. The molecule has 0 radical (unpaired) electrons. The zero-order valence-electron chi connectivity index (χ0n) is 16.0. The molecule has 1 aromatic rings. The van der Waals surface area contributed by atoms with Gasteiger partial charge in [0.2, 0.25) is 11.9 Å². The lowest BCUT2D eigenvalue weighted by atomic mass is 10.5. The van der Waals surface area contributed by atoms with E-state index in [1.807, 2.05) is 6.92 Å². The molecule has 0 aromatic carbocycles. The second-order valence-electron chi connectivity index (χ2n) is 6.94. The zero-order chi connectivity index (χ0) is 17.7. The first-order valence-electron chi connectivity index (χ1n) is 8.44. The Hall–Kier alpha value is -0.530. The van der Waals surface area contributed by atoms with Crippen LogP contribution in [0.5, 0.6) is 0 Å². The van der Waals surface area contributed by atoms with E-state index in [1.165, 1.54) is 0 Å². The van der Waals surface area contributed by atoms with Gasteiger partial charge in [-0.25, -0.2) is 0 Å². The molecule has 1 aromatic heterocycles. The van der Waals surface area contributed by atoms with Crippen molar-refractivity contribution < 1.29 is 0 Å². The molecule has 0 aliphatic heterocycles. The van der Waals surface area contributed by atoms with Crippen molar-refractivity contribution in [3.8, 4) is 0 Å². The molecule has 0 bridgehead atoms. The number of aromatic nitrogens is 3. The molecule has 0 aliphatic rings. The summed E-state index contributed by atoms with van der Waals surface area (Å²) >= 11 is 0. The summed E-state index contributed by atoms with van der Waals surface area (Å²) in [7, 11) is -0.700. The van der Waals surface area contributed by atoms with Crippen LogP contribution in [0.15, 0.2) is 0 Å². The summed E-state index contributed by atoms with van der Waals surface area (Å²) < 4.78 is 0. The van der Waals surface area contributed by atoms with Crippen LogP contribution in [0.1, 0.15) is 61.2 Å². The minimum Gasteiger partial charge on any atom is -0.333 e. The van der Waals surface area contributed by atoms with Gasteiger partial charge in [-0.2, -0.15) is 15.0 Å². The molecule has 1 heterocycles. The van der Waals surface area contributed by atoms with Crippen LogP contribution in [0, 0.1) is 6.92 Å². The Morgan fingerprint density at radius 1 is 0.609 bits per heavy atom. The molecule has 0 aliphatic carbocycles. The van der Waals surface area contributed by atoms with Gasteiger partial charge in [0, 0.05) is 0 Å². The van der Waals surface area contributed by atoms with Crippen molar-refractivity contribution in [3.63, 3.8) is 0 Å². The molecule has 7 heteroatoms. The molecule has 23 heavy (non-hydrogen) atoms. The van der Waals surface area contributed by atoms with Gasteiger partial charge in [0.1, 0.15) is 5.82 Å². The quantitative estimate of drug-likeness (QED) is 0.607. The molecule has 0 saturated carbocycles. The van der Waals surface area contributed by atoms with Crippen LogP contribution in [0.4, 0.5) is 11.9 Å². The maximum Gasteiger partial charge on any atom is 0.231 e. The van der Waals surface area contributed by atoms with Crippen molar-refractivity contribution in [3.05, 3.63) is 5.82 Å². The number of aryl methyl sites for hydroxylation is 1. The fourth-order valence-corrected chi connectivity index (χ4v) is 6.60. The third-order valence-electron chi connectivity index (χ3n) is 3.43. The summed E-state index contributed by atoms with van der Waals surface area (Å²) in [6.45, 7) is 20.0. The van der Waals surface area contributed by atoms with Crippen LogP contribution in [0.3, 0.4) is 0 Å². The van der Waals surface area contributed by atoms with E-state index < -0.39 is 0 Å². The van der Waals surface area contributed by atoms with E-state index >= 15 is 0 Å². The Bertz CT molecular complexity index is 435. The minimum atomic E-state index is -0.350. The van der Waals surface area contributed by atoms with E-state index in [0.717, 1.165) is 5.82 Å². The minimum absolute atomic E-state index is 0.350. The lowest BCUT2D eigenvalue weighted by Crippen LogP contribution is -2.15. The fourth-order valence-electron chi connectivity index (χ4n) is 2.52. The molecular formula is C16H33N5P2. The summed E-state index contributed by atoms with van der Waals surface area (Å²) in [6.07, 6.45) is 0. The number of nitrogens with zero attached hydrogens (tertiary/aromatic N) is 3. The highest BCUT2D eigenvalue weighted by Crippen LogP contribution is 2.46. The predicted molar refractivity (Wildman–Crippen MR) is 106 cm³/mol. The third kappa shape index (κ3) is 6.47. The van der Waals surface area contributed by atoms with Crippen molar-refractivity contribution in [1.82, 2.24) is 15.0 Å². The Kier molecular flexibility index (Phi) is 8.10. The molecule has 0 unspecified atom stereocenters. The average Bonchev–Trinajstić information content (AvgIpc) is 2.40. The fraction of sp³-hybridized carbons (Fsp3) is 0.812. The second-order valence-corrected chi connectivity index (χ2v) is 13.2. The largest absolute Gasteiger partial charge is 0.333 e. The van der Waals surface area contributed by atoms with Gasteiger partial charge in [0.05, 0.1) is 0 Å². The Morgan fingerprint density at radius 2 is 0.913 bits per heavy atom. The highest BCUT2D eigenvalue weighted by atomic mass is 31.1. The third-order valence-corrected chi connectivity index (χ3v) is 8.80. The van der Waals surface area contributed by atoms with Gasteiger partial charge in [0.15, 0.2) is 0 Å². The summed E-state index contributed by atoms with van der Waals surface area (Å²) in [5.74, 6) is 2.17. The standard InChI is InChI=1S/C16H33N5P2/c1-10(2)22(11(3)4)20-15-17-14(9)18-16(19-15)21-23(12(5)6)13(7)8/h10-13H,1-9H3,(H2,17,18,19,20,21). The average molecular weight is 357 g/mol. The van der Waals surface area contributed by atoms with Gasteiger partial charge in [0.25, 0.3) is 0 Å². The molecule has 5 nitrogen and oxygen atoms in total. The van der Waals surface area contributed by atoms with Crippen molar-refractivity contribution in [2.45, 2.75) is 84.9 Å². The van der Waals surface area contributed by atoms with Gasteiger partial charge < -0.3 is 10.2 Å². The van der Waals surface area contributed by atoms with E-state index in [2.05, 4.69) is 80.5 Å². The van der Waals surface area contributed by atoms with Crippen molar-refractivity contribution >= 4 is 28.0 Å². The summed E-state index contributed by atoms with van der Waals surface area (Å²) in [4.78, 5) is 13.6. The molecule has 2 N–H and O–H groups in total. The summed E-state index contributed by atoms with van der Waals surface area (Å²) in [6, 6.07) is 0. The number of rotatable bonds is 8. The summed E-state index contributed by atoms with van der Waals surface area (Å²) in [5.41, 5.74) is 2.34. The Balaban J connectivity index is 2.99. The summed E-state index contributed by atoms with van der Waals surface area (Å²) in [5, 5.41) is 7.12. The van der Waals surface area contributed by atoms with Crippen LogP contribution in [-0.4, -0.2) is 37.6 Å². The number of hydrogen-bond acceptors (Lipinski definition) is 5. The van der Waals surface area contributed by atoms with E-state index in [0.29, 0.717) is 34.5 Å². The SMILES string of the molecule is Cc1nc(NP(C(C)C)C(C)C)nc(NP(C(C)C)C(C)C)n1. The molecule has 0 amide bonds. The molecule has 0 fully saturated rings. The van der Waals surface area contributed by atoms with Crippen molar-refractivity contribution in [1.29, 1.82) is 0 Å². The Labute approximate surface area is 144 Å². The maximum atomic E-state index is 4.63. The monoisotopic (exact) mass is 357 g/mol. The second kappa shape index (κ2) is 9.08. The highest BCUT2D eigenvalue weighted by molar-refractivity contribution is 7.60. The molecular weight excluding hydrogens is 324 g/mol. The van der Waals surface area contributed by atoms with E-state index in [9.17, 15) is 0 Å². The van der Waals surface area contributed by atoms with Gasteiger partial charge in [-0.05, 0) is 45.7 Å². The van der Waals surface area contributed by atoms with Gasteiger partial charge in [-0.1, -0.05) is 55.4 Å². The first-order chi connectivity index (χ1) is 10.6. The van der Waals surface area contributed by atoms with Crippen LogP contribution >= 0.6 is 16.1 Å². The number of hydrogen-bond donors (Lipinski definition) is 2. The van der Waals surface area contributed by atoms with Gasteiger partial charge in [-0.15, -0.1) is 0 Å². The van der Waals surface area contributed by atoms with E-state index in [4.69, 9.17) is 0 Å². The van der Waals surface area contributed by atoms with Crippen LogP contribution in [0.2, 0.25) is 0 Å². The first kappa shape index (κ1) is 20.5. The van der Waals surface area contributed by atoms with Gasteiger partial charge in [-0.3, -0.25) is 0 Å². The van der Waals surface area contributed by atoms with Crippen LogP contribution < -0.4 is 10.2 Å². The smallest absolute Gasteiger partial charge is 0.231 e. The predicted octanol–water partition coefficient (Wildman–Crippen LogP) is 5.43. The molecule has 1 rings (SSSR count). The lowest BCUT2D eigenvalue weighted by molar-refractivity contribution is 0.972. The van der Waals surface area contributed by atoms with Gasteiger partial charge >= 0.3 is 0 Å². The molecule has 132 valence electrons. The topological polar surface area (TPSA) is 62.7 Å². The highest BCUT2D eigenvalue weighted by Gasteiger charge is 2.21. The van der Waals surface area contributed by atoms with Crippen LogP contribution in [-0.2, 0) is 0 Å². The van der Waals surface area contributed by atoms with Crippen molar-refractivity contribution in [2.75, 3.05) is 10.2 Å². The van der Waals surface area contributed by atoms with Crippen molar-refractivity contribution in [2.24, 2.45) is 0 Å². The van der Waals surface area contributed by atoms with Crippen LogP contribution in [0.25, 0.3) is 0 Å². The normalized spacial score (nSPS) is 12.3.